The van der Waals surface area contributed by atoms with E-state index in [4.69, 9.17) is 0 Å². The molecular formula is C34H22BrN. The highest BCUT2D eigenvalue weighted by Gasteiger charge is 2.12. The van der Waals surface area contributed by atoms with Gasteiger partial charge in [0.15, 0.2) is 0 Å². The third-order valence-electron chi connectivity index (χ3n) is 7.08. The Balaban J connectivity index is 1.22. The summed E-state index contributed by atoms with van der Waals surface area (Å²) in [6.07, 6.45) is 0. The average Bonchev–Trinajstić information content (AvgIpc) is 2.93. The SMILES string of the molecule is Brc1ccc(Nc2ccc(-c3ccc(-c4ccc5ccc6cccc7ccc4c5c67)cc3)cc2)cc1. The van der Waals surface area contributed by atoms with Crippen LogP contribution in [0.4, 0.5) is 11.4 Å². The van der Waals surface area contributed by atoms with E-state index in [9.17, 15) is 0 Å². The second-order valence-corrected chi connectivity index (χ2v) is 10.2. The first-order chi connectivity index (χ1) is 17.7. The van der Waals surface area contributed by atoms with Crippen LogP contribution in [0.3, 0.4) is 0 Å². The molecule has 0 aromatic heterocycles. The van der Waals surface area contributed by atoms with Gasteiger partial charge < -0.3 is 5.32 Å². The van der Waals surface area contributed by atoms with Crippen molar-refractivity contribution in [2.24, 2.45) is 0 Å². The molecule has 0 atom stereocenters. The van der Waals surface area contributed by atoms with Gasteiger partial charge in [-0.15, -0.1) is 0 Å². The molecule has 0 spiro atoms. The molecule has 36 heavy (non-hydrogen) atoms. The number of nitrogens with one attached hydrogen (secondary N) is 1. The van der Waals surface area contributed by atoms with Crippen LogP contribution in [-0.2, 0) is 0 Å². The van der Waals surface area contributed by atoms with Crippen LogP contribution in [-0.4, -0.2) is 0 Å². The molecule has 0 aliphatic carbocycles. The maximum absolute atomic E-state index is 3.49. The Hall–Kier alpha value is -4.14. The minimum absolute atomic E-state index is 1.07. The lowest BCUT2D eigenvalue weighted by molar-refractivity contribution is 1.53. The van der Waals surface area contributed by atoms with Crippen molar-refractivity contribution in [3.05, 3.63) is 132 Å². The molecule has 0 saturated carbocycles. The van der Waals surface area contributed by atoms with Gasteiger partial charge in [-0.1, -0.05) is 107 Å². The van der Waals surface area contributed by atoms with Crippen LogP contribution >= 0.6 is 15.9 Å². The molecule has 0 fully saturated rings. The molecule has 7 rings (SSSR count). The summed E-state index contributed by atoms with van der Waals surface area (Å²) in [5.41, 5.74) is 7.09. The molecule has 0 saturated heterocycles. The molecule has 0 amide bonds. The zero-order chi connectivity index (χ0) is 24.1. The van der Waals surface area contributed by atoms with E-state index in [-0.39, 0.29) is 0 Å². The lowest BCUT2D eigenvalue weighted by Crippen LogP contribution is -1.90. The number of hydrogen-bond acceptors (Lipinski definition) is 1. The van der Waals surface area contributed by atoms with E-state index in [2.05, 4.69) is 137 Å². The van der Waals surface area contributed by atoms with Crippen molar-refractivity contribution in [3.63, 3.8) is 0 Å². The van der Waals surface area contributed by atoms with Gasteiger partial charge in [0.2, 0.25) is 0 Å². The van der Waals surface area contributed by atoms with E-state index in [1.54, 1.807) is 0 Å². The van der Waals surface area contributed by atoms with Gasteiger partial charge in [0.25, 0.3) is 0 Å². The number of rotatable bonds is 4. The molecule has 1 N–H and O–H groups in total. The number of hydrogen-bond donors (Lipinski definition) is 1. The Morgan fingerprint density at radius 1 is 0.417 bits per heavy atom. The maximum Gasteiger partial charge on any atom is 0.0384 e. The van der Waals surface area contributed by atoms with Gasteiger partial charge in [0.1, 0.15) is 0 Å². The highest BCUT2D eigenvalue weighted by atomic mass is 79.9. The van der Waals surface area contributed by atoms with Crippen LogP contribution in [0.25, 0.3) is 54.6 Å². The number of benzene rings is 7. The topological polar surface area (TPSA) is 12.0 Å². The van der Waals surface area contributed by atoms with E-state index in [1.165, 1.54) is 54.6 Å². The third kappa shape index (κ3) is 3.62. The van der Waals surface area contributed by atoms with E-state index >= 15 is 0 Å². The monoisotopic (exact) mass is 523 g/mol. The van der Waals surface area contributed by atoms with Crippen molar-refractivity contribution < 1.29 is 0 Å². The summed E-state index contributed by atoms with van der Waals surface area (Å²) >= 11 is 3.49. The first-order valence-corrected chi connectivity index (χ1v) is 12.9. The molecule has 0 bridgehead atoms. The van der Waals surface area contributed by atoms with Gasteiger partial charge in [-0.05, 0) is 91.0 Å². The summed E-state index contributed by atoms with van der Waals surface area (Å²) < 4.78 is 1.08. The van der Waals surface area contributed by atoms with Gasteiger partial charge in [-0.2, -0.15) is 0 Å². The fourth-order valence-corrected chi connectivity index (χ4v) is 5.54. The Labute approximate surface area is 218 Å². The highest BCUT2D eigenvalue weighted by molar-refractivity contribution is 9.10. The normalized spacial score (nSPS) is 11.5. The summed E-state index contributed by atoms with van der Waals surface area (Å²) in [6, 6.07) is 45.9. The lowest BCUT2D eigenvalue weighted by atomic mass is 9.89. The molecule has 0 aliphatic heterocycles. The predicted molar refractivity (Wildman–Crippen MR) is 158 cm³/mol. The average molecular weight is 524 g/mol. The minimum atomic E-state index is 1.07. The fourth-order valence-electron chi connectivity index (χ4n) is 5.28. The van der Waals surface area contributed by atoms with Crippen LogP contribution < -0.4 is 5.32 Å². The minimum Gasteiger partial charge on any atom is -0.356 e. The van der Waals surface area contributed by atoms with Crippen LogP contribution in [0.1, 0.15) is 0 Å². The molecule has 0 radical (unpaired) electrons. The smallest absolute Gasteiger partial charge is 0.0384 e. The molecule has 0 aliphatic rings. The molecule has 7 aromatic rings. The van der Waals surface area contributed by atoms with E-state index < -0.39 is 0 Å². The second kappa shape index (κ2) is 8.51. The first kappa shape index (κ1) is 21.2. The predicted octanol–water partition coefficient (Wildman–Crippen LogP) is 10.4. The Bertz CT molecular complexity index is 1820. The Kier molecular flexibility index (Phi) is 5.00. The largest absolute Gasteiger partial charge is 0.356 e. The van der Waals surface area contributed by atoms with E-state index in [0.717, 1.165) is 15.8 Å². The van der Waals surface area contributed by atoms with Crippen molar-refractivity contribution in [2.45, 2.75) is 0 Å². The first-order valence-electron chi connectivity index (χ1n) is 12.1. The maximum atomic E-state index is 3.49. The summed E-state index contributed by atoms with van der Waals surface area (Å²) in [5, 5.41) is 11.4. The van der Waals surface area contributed by atoms with Gasteiger partial charge in [0.05, 0.1) is 0 Å². The summed E-state index contributed by atoms with van der Waals surface area (Å²) in [6.45, 7) is 0. The highest BCUT2D eigenvalue weighted by Crippen LogP contribution is 2.39. The van der Waals surface area contributed by atoms with E-state index in [0.29, 0.717) is 0 Å². The van der Waals surface area contributed by atoms with Crippen molar-refractivity contribution in [1.29, 1.82) is 0 Å². The lowest BCUT2D eigenvalue weighted by Gasteiger charge is -2.14. The molecule has 0 heterocycles. The Morgan fingerprint density at radius 2 is 0.917 bits per heavy atom. The summed E-state index contributed by atoms with van der Waals surface area (Å²) in [4.78, 5) is 0. The van der Waals surface area contributed by atoms with Crippen LogP contribution in [0.2, 0.25) is 0 Å². The zero-order valence-corrected chi connectivity index (χ0v) is 21.1. The van der Waals surface area contributed by atoms with Gasteiger partial charge in [-0.3, -0.25) is 0 Å². The van der Waals surface area contributed by atoms with Gasteiger partial charge in [-0.25, -0.2) is 0 Å². The molecular weight excluding hydrogens is 502 g/mol. The van der Waals surface area contributed by atoms with Crippen molar-refractivity contribution in [2.75, 3.05) is 5.32 Å². The van der Waals surface area contributed by atoms with Crippen molar-refractivity contribution in [3.8, 4) is 22.3 Å². The zero-order valence-electron chi connectivity index (χ0n) is 19.5. The number of anilines is 2. The van der Waals surface area contributed by atoms with Crippen LogP contribution in [0, 0.1) is 0 Å². The molecule has 7 aromatic carbocycles. The molecule has 0 unspecified atom stereocenters. The molecule has 2 heteroatoms. The number of halogens is 1. The Morgan fingerprint density at radius 3 is 1.58 bits per heavy atom. The van der Waals surface area contributed by atoms with Crippen LogP contribution in [0.5, 0.6) is 0 Å². The van der Waals surface area contributed by atoms with Crippen LogP contribution in [0.15, 0.2) is 132 Å². The summed E-state index contributed by atoms with van der Waals surface area (Å²) in [7, 11) is 0. The summed E-state index contributed by atoms with van der Waals surface area (Å²) in [5.74, 6) is 0. The second-order valence-electron chi connectivity index (χ2n) is 9.26. The molecule has 1 nitrogen and oxygen atoms in total. The standard InChI is InChI=1S/C34H22BrN/c35-28-14-18-30(19-15-28)36-29-16-10-23(11-17-29)22-4-6-24(7-5-22)31-20-12-27-9-8-25-2-1-3-26-13-21-32(31)34(27)33(25)26/h1-21,36H. The fraction of sp³-hybridized carbons (Fsp3) is 0. The van der Waals surface area contributed by atoms with E-state index in [1.807, 2.05) is 12.1 Å². The van der Waals surface area contributed by atoms with Crippen molar-refractivity contribution in [1.82, 2.24) is 0 Å². The third-order valence-corrected chi connectivity index (χ3v) is 7.60. The van der Waals surface area contributed by atoms with Crippen molar-refractivity contribution >= 4 is 59.6 Å². The quantitative estimate of drug-likeness (QED) is 0.226. The van der Waals surface area contributed by atoms with Gasteiger partial charge in [0, 0.05) is 15.8 Å². The van der Waals surface area contributed by atoms with Gasteiger partial charge >= 0.3 is 0 Å². The molecule has 170 valence electrons.